The van der Waals surface area contributed by atoms with Crippen molar-refractivity contribution >= 4 is 0 Å². The second-order valence-corrected chi connectivity index (χ2v) is 2.68. The summed E-state index contributed by atoms with van der Waals surface area (Å²) in [5.41, 5.74) is 0.889. The molecule has 0 heterocycles. The molecule has 1 atom stereocenters. The molecule has 1 aromatic carbocycles. The van der Waals surface area contributed by atoms with Crippen LogP contribution in [0.4, 0.5) is 0 Å². The van der Waals surface area contributed by atoms with Crippen molar-refractivity contribution in [2.75, 3.05) is 0 Å². The monoisotopic (exact) mass is 161 g/mol. The molecule has 0 bridgehead atoms. The lowest BCUT2D eigenvalue weighted by Gasteiger charge is -2.05. The molecule has 0 radical (unpaired) electrons. The Balaban J connectivity index is 2.95. The van der Waals surface area contributed by atoms with Crippen LogP contribution in [0.5, 0.6) is 5.75 Å². The minimum Gasteiger partial charge on any atom is -0.508 e. The zero-order valence-corrected chi connectivity index (χ0v) is 6.99. The van der Waals surface area contributed by atoms with Crippen LogP contribution >= 0.6 is 0 Å². The lowest BCUT2D eigenvalue weighted by molar-refractivity contribution is 0.474. The summed E-state index contributed by atoms with van der Waals surface area (Å²) >= 11 is 0. The average Bonchev–Trinajstić information content (AvgIpc) is 2.07. The largest absolute Gasteiger partial charge is 0.508 e. The quantitative estimate of drug-likeness (QED) is 0.723. The van der Waals surface area contributed by atoms with Gasteiger partial charge in [0.2, 0.25) is 0 Å². The fourth-order valence-corrected chi connectivity index (χ4v) is 1.14. The number of aromatic hydroxyl groups is 1. The van der Waals surface area contributed by atoms with Gasteiger partial charge in [0.25, 0.3) is 0 Å². The third kappa shape index (κ3) is 1.76. The summed E-state index contributed by atoms with van der Waals surface area (Å²) in [7, 11) is 0. The van der Waals surface area contributed by atoms with Gasteiger partial charge in [-0.25, -0.2) is 0 Å². The normalized spacial score (nSPS) is 12.0. The SMILES string of the molecule is CCC(C#N)c1cccc(O)c1. The van der Waals surface area contributed by atoms with Crippen LogP contribution in [-0.2, 0) is 0 Å². The Hall–Kier alpha value is -1.49. The van der Waals surface area contributed by atoms with Crippen LogP contribution in [0.3, 0.4) is 0 Å². The van der Waals surface area contributed by atoms with Crippen LogP contribution in [0.15, 0.2) is 24.3 Å². The predicted molar refractivity (Wildman–Crippen MR) is 46.8 cm³/mol. The molecule has 1 rings (SSSR count). The maximum absolute atomic E-state index is 9.14. The summed E-state index contributed by atoms with van der Waals surface area (Å²) in [4.78, 5) is 0. The zero-order valence-electron chi connectivity index (χ0n) is 6.99. The molecule has 0 aromatic heterocycles. The molecule has 0 spiro atoms. The first-order valence-corrected chi connectivity index (χ1v) is 3.96. The van der Waals surface area contributed by atoms with E-state index in [0.717, 1.165) is 12.0 Å². The van der Waals surface area contributed by atoms with Gasteiger partial charge in [0.1, 0.15) is 5.75 Å². The fraction of sp³-hybridized carbons (Fsp3) is 0.300. The highest BCUT2D eigenvalue weighted by Crippen LogP contribution is 2.21. The van der Waals surface area contributed by atoms with Crippen molar-refractivity contribution in [3.05, 3.63) is 29.8 Å². The van der Waals surface area contributed by atoms with Crippen molar-refractivity contribution in [3.8, 4) is 11.8 Å². The van der Waals surface area contributed by atoms with Crippen LogP contribution in [0.1, 0.15) is 24.8 Å². The molecule has 0 aliphatic carbocycles. The van der Waals surface area contributed by atoms with E-state index < -0.39 is 0 Å². The maximum Gasteiger partial charge on any atom is 0.115 e. The van der Waals surface area contributed by atoms with Gasteiger partial charge in [-0.15, -0.1) is 0 Å². The molecule has 0 saturated heterocycles. The molecule has 0 aliphatic heterocycles. The van der Waals surface area contributed by atoms with Gasteiger partial charge in [0.15, 0.2) is 0 Å². The summed E-state index contributed by atoms with van der Waals surface area (Å²) in [6.07, 6.45) is 0.778. The number of nitriles is 1. The van der Waals surface area contributed by atoms with Gasteiger partial charge in [-0.05, 0) is 24.1 Å². The van der Waals surface area contributed by atoms with E-state index in [1.165, 1.54) is 0 Å². The molecule has 12 heavy (non-hydrogen) atoms. The van der Waals surface area contributed by atoms with Crippen molar-refractivity contribution in [2.45, 2.75) is 19.3 Å². The topological polar surface area (TPSA) is 44.0 Å². The fourth-order valence-electron chi connectivity index (χ4n) is 1.14. The molecule has 0 fully saturated rings. The summed E-state index contributed by atoms with van der Waals surface area (Å²) in [5.74, 6) is 0.123. The highest BCUT2D eigenvalue weighted by molar-refractivity contribution is 5.32. The van der Waals surface area contributed by atoms with Gasteiger partial charge < -0.3 is 5.11 Å². The highest BCUT2D eigenvalue weighted by atomic mass is 16.3. The van der Waals surface area contributed by atoms with E-state index in [2.05, 4.69) is 6.07 Å². The third-order valence-electron chi connectivity index (χ3n) is 1.84. The predicted octanol–water partition coefficient (Wildman–Crippen LogP) is 2.41. The maximum atomic E-state index is 9.14. The zero-order chi connectivity index (χ0) is 8.97. The van der Waals surface area contributed by atoms with Crippen molar-refractivity contribution < 1.29 is 5.11 Å². The standard InChI is InChI=1S/C10H11NO/c1-2-8(7-11)9-4-3-5-10(12)6-9/h3-6,8,12H,2H2,1H3. The van der Waals surface area contributed by atoms with E-state index in [4.69, 9.17) is 10.4 Å². The Bertz CT molecular complexity index is 301. The average molecular weight is 161 g/mol. The van der Waals surface area contributed by atoms with Crippen molar-refractivity contribution in [2.24, 2.45) is 0 Å². The van der Waals surface area contributed by atoms with Gasteiger partial charge in [-0.3, -0.25) is 0 Å². The number of phenols is 1. The van der Waals surface area contributed by atoms with Gasteiger partial charge in [0.05, 0.1) is 12.0 Å². The number of benzene rings is 1. The Labute approximate surface area is 72.1 Å². The molecule has 1 unspecified atom stereocenters. The molecule has 1 aromatic rings. The van der Waals surface area contributed by atoms with Crippen LogP contribution < -0.4 is 0 Å². The summed E-state index contributed by atoms with van der Waals surface area (Å²) in [5, 5.41) is 17.9. The number of hydrogen-bond acceptors (Lipinski definition) is 2. The van der Waals surface area contributed by atoms with E-state index in [1.54, 1.807) is 18.2 Å². The van der Waals surface area contributed by atoms with E-state index >= 15 is 0 Å². The lowest BCUT2D eigenvalue weighted by Crippen LogP contribution is -1.92. The number of rotatable bonds is 2. The molecular formula is C10H11NO. The molecular weight excluding hydrogens is 150 g/mol. The summed E-state index contributed by atoms with van der Waals surface area (Å²) in [6.45, 7) is 1.96. The molecule has 2 heteroatoms. The number of phenolic OH excluding ortho intramolecular Hbond substituents is 1. The van der Waals surface area contributed by atoms with Crippen LogP contribution in [-0.4, -0.2) is 5.11 Å². The summed E-state index contributed by atoms with van der Waals surface area (Å²) < 4.78 is 0. The number of hydrogen-bond donors (Lipinski definition) is 1. The van der Waals surface area contributed by atoms with E-state index in [-0.39, 0.29) is 11.7 Å². The molecule has 0 saturated carbocycles. The first kappa shape index (κ1) is 8.61. The minimum atomic E-state index is -0.0999. The van der Waals surface area contributed by atoms with E-state index in [1.807, 2.05) is 13.0 Å². The van der Waals surface area contributed by atoms with Crippen LogP contribution in [0, 0.1) is 11.3 Å². The molecule has 0 aliphatic rings. The van der Waals surface area contributed by atoms with Crippen LogP contribution in [0.2, 0.25) is 0 Å². The first-order chi connectivity index (χ1) is 5.77. The summed E-state index contributed by atoms with van der Waals surface area (Å²) in [6, 6.07) is 9.04. The number of nitrogens with zero attached hydrogens (tertiary/aromatic N) is 1. The van der Waals surface area contributed by atoms with Gasteiger partial charge in [-0.1, -0.05) is 19.1 Å². The molecule has 1 N–H and O–H groups in total. The molecule has 0 amide bonds. The molecule has 2 nitrogen and oxygen atoms in total. The van der Waals surface area contributed by atoms with E-state index in [0.29, 0.717) is 0 Å². The Morgan fingerprint density at radius 1 is 1.58 bits per heavy atom. The van der Waals surface area contributed by atoms with Gasteiger partial charge in [0, 0.05) is 0 Å². The minimum absolute atomic E-state index is 0.0999. The first-order valence-electron chi connectivity index (χ1n) is 3.96. The van der Waals surface area contributed by atoms with E-state index in [9.17, 15) is 0 Å². The lowest BCUT2D eigenvalue weighted by atomic mass is 9.98. The molecule has 62 valence electrons. The van der Waals surface area contributed by atoms with Crippen molar-refractivity contribution in [1.82, 2.24) is 0 Å². The second kappa shape index (κ2) is 3.77. The van der Waals surface area contributed by atoms with Crippen molar-refractivity contribution in [1.29, 1.82) is 5.26 Å². The van der Waals surface area contributed by atoms with Crippen molar-refractivity contribution in [3.63, 3.8) is 0 Å². The van der Waals surface area contributed by atoms with Gasteiger partial charge >= 0.3 is 0 Å². The highest BCUT2D eigenvalue weighted by Gasteiger charge is 2.07. The Morgan fingerprint density at radius 2 is 2.33 bits per heavy atom. The third-order valence-corrected chi connectivity index (χ3v) is 1.84. The Kier molecular flexibility index (Phi) is 2.71. The Morgan fingerprint density at radius 3 is 2.83 bits per heavy atom. The van der Waals surface area contributed by atoms with Crippen LogP contribution in [0.25, 0.3) is 0 Å². The smallest absolute Gasteiger partial charge is 0.115 e. The second-order valence-electron chi connectivity index (χ2n) is 2.68. The van der Waals surface area contributed by atoms with Gasteiger partial charge in [-0.2, -0.15) is 5.26 Å².